The standard InChI is InChI=1S/C19H18N6O2/c1-2-8-26-11-14-6-3-5-13(22-14)10-25-12-21-17-16(15-7-4-9-27-15)23-19(20)24-18(17)25/h2-7,9,12H,1,8,10-11H2,(H2,20,23,24). The number of ether oxygens (including phenoxy) is 1. The normalized spacial score (nSPS) is 11.1. The van der Waals surface area contributed by atoms with E-state index in [-0.39, 0.29) is 5.95 Å². The summed E-state index contributed by atoms with van der Waals surface area (Å²) in [7, 11) is 0. The summed E-state index contributed by atoms with van der Waals surface area (Å²) in [4.78, 5) is 17.7. The third-order valence-corrected chi connectivity index (χ3v) is 3.92. The highest BCUT2D eigenvalue weighted by atomic mass is 16.5. The van der Waals surface area contributed by atoms with E-state index in [1.807, 2.05) is 28.8 Å². The lowest BCUT2D eigenvalue weighted by atomic mass is 10.3. The third-order valence-electron chi connectivity index (χ3n) is 3.92. The smallest absolute Gasteiger partial charge is 0.222 e. The van der Waals surface area contributed by atoms with Gasteiger partial charge in [0.1, 0.15) is 11.2 Å². The molecule has 0 aliphatic rings. The Hall–Kier alpha value is -3.52. The van der Waals surface area contributed by atoms with Crippen molar-refractivity contribution in [1.82, 2.24) is 24.5 Å². The van der Waals surface area contributed by atoms with E-state index >= 15 is 0 Å². The van der Waals surface area contributed by atoms with Crippen molar-refractivity contribution in [2.75, 3.05) is 12.3 Å². The van der Waals surface area contributed by atoms with Crippen LogP contribution in [-0.4, -0.2) is 31.1 Å². The average Bonchev–Trinajstić information content (AvgIpc) is 3.33. The molecule has 0 saturated carbocycles. The number of rotatable bonds is 7. The van der Waals surface area contributed by atoms with Gasteiger partial charge in [-0.3, -0.25) is 4.98 Å². The Morgan fingerprint density at radius 3 is 2.85 bits per heavy atom. The SMILES string of the molecule is C=CCOCc1cccc(Cn2cnc3c(-c4ccco4)nc(N)nc32)n1. The molecule has 8 heteroatoms. The highest BCUT2D eigenvalue weighted by molar-refractivity contribution is 5.86. The fourth-order valence-electron chi connectivity index (χ4n) is 2.78. The third kappa shape index (κ3) is 3.56. The minimum Gasteiger partial charge on any atom is -0.463 e. The summed E-state index contributed by atoms with van der Waals surface area (Å²) in [5.41, 5.74) is 9.44. The first kappa shape index (κ1) is 16.9. The lowest BCUT2D eigenvalue weighted by molar-refractivity contribution is 0.146. The summed E-state index contributed by atoms with van der Waals surface area (Å²) in [5, 5.41) is 0. The largest absolute Gasteiger partial charge is 0.463 e. The van der Waals surface area contributed by atoms with Crippen LogP contribution in [0.3, 0.4) is 0 Å². The molecule has 27 heavy (non-hydrogen) atoms. The van der Waals surface area contributed by atoms with Gasteiger partial charge in [-0.25, -0.2) is 9.97 Å². The Morgan fingerprint density at radius 2 is 2.04 bits per heavy atom. The van der Waals surface area contributed by atoms with Gasteiger partial charge in [0, 0.05) is 0 Å². The Morgan fingerprint density at radius 1 is 1.15 bits per heavy atom. The summed E-state index contributed by atoms with van der Waals surface area (Å²) in [5.74, 6) is 0.758. The van der Waals surface area contributed by atoms with Gasteiger partial charge < -0.3 is 19.5 Å². The molecule has 0 fully saturated rings. The van der Waals surface area contributed by atoms with Crippen molar-refractivity contribution in [3.05, 3.63) is 67.0 Å². The molecule has 0 amide bonds. The van der Waals surface area contributed by atoms with Gasteiger partial charge in [-0.1, -0.05) is 12.1 Å². The van der Waals surface area contributed by atoms with Crippen LogP contribution in [0.4, 0.5) is 5.95 Å². The second kappa shape index (κ2) is 7.38. The average molecular weight is 362 g/mol. The van der Waals surface area contributed by atoms with Crippen molar-refractivity contribution in [3.63, 3.8) is 0 Å². The van der Waals surface area contributed by atoms with Crippen molar-refractivity contribution in [2.45, 2.75) is 13.2 Å². The van der Waals surface area contributed by atoms with E-state index in [1.54, 1.807) is 24.7 Å². The molecule has 0 radical (unpaired) electrons. The number of hydrogen-bond acceptors (Lipinski definition) is 7. The Kier molecular flexibility index (Phi) is 4.63. The van der Waals surface area contributed by atoms with Crippen molar-refractivity contribution in [3.8, 4) is 11.5 Å². The van der Waals surface area contributed by atoms with E-state index in [0.717, 1.165) is 11.4 Å². The van der Waals surface area contributed by atoms with Crippen LogP contribution in [-0.2, 0) is 17.9 Å². The minimum atomic E-state index is 0.162. The molecule has 0 saturated heterocycles. The van der Waals surface area contributed by atoms with E-state index in [9.17, 15) is 0 Å². The number of imidazole rings is 1. The number of anilines is 1. The van der Waals surface area contributed by atoms with Crippen LogP contribution in [0.25, 0.3) is 22.6 Å². The molecule has 4 aromatic rings. The second-order valence-electron chi connectivity index (χ2n) is 5.88. The number of nitrogen functional groups attached to an aromatic ring is 1. The second-order valence-corrected chi connectivity index (χ2v) is 5.88. The quantitative estimate of drug-likeness (QED) is 0.398. The number of hydrogen-bond donors (Lipinski definition) is 1. The predicted octanol–water partition coefficient (Wildman–Crippen LogP) is 2.81. The highest BCUT2D eigenvalue weighted by Gasteiger charge is 2.16. The molecule has 0 aliphatic carbocycles. The van der Waals surface area contributed by atoms with Crippen LogP contribution in [0, 0.1) is 0 Å². The fraction of sp³-hybridized carbons (Fsp3) is 0.158. The predicted molar refractivity (Wildman–Crippen MR) is 101 cm³/mol. The van der Waals surface area contributed by atoms with Crippen LogP contribution in [0.15, 0.2) is 60.0 Å². The minimum absolute atomic E-state index is 0.162. The molecule has 0 atom stereocenters. The molecule has 0 aromatic carbocycles. The molecule has 136 valence electrons. The molecule has 4 rings (SSSR count). The lowest BCUT2D eigenvalue weighted by Gasteiger charge is -2.07. The van der Waals surface area contributed by atoms with Crippen LogP contribution in [0.2, 0.25) is 0 Å². The van der Waals surface area contributed by atoms with Crippen molar-refractivity contribution >= 4 is 17.1 Å². The van der Waals surface area contributed by atoms with Gasteiger partial charge in [-0.2, -0.15) is 4.98 Å². The van der Waals surface area contributed by atoms with Gasteiger partial charge in [0.15, 0.2) is 11.4 Å². The van der Waals surface area contributed by atoms with Crippen LogP contribution >= 0.6 is 0 Å². The molecule has 4 heterocycles. The molecule has 0 spiro atoms. The van der Waals surface area contributed by atoms with E-state index in [0.29, 0.717) is 42.4 Å². The maximum Gasteiger partial charge on any atom is 0.222 e. The maximum absolute atomic E-state index is 5.90. The Balaban J connectivity index is 1.65. The molecule has 0 unspecified atom stereocenters. The van der Waals surface area contributed by atoms with Gasteiger partial charge in [0.2, 0.25) is 5.95 Å². The van der Waals surface area contributed by atoms with Gasteiger partial charge in [0.05, 0.1) is 43.7 Å². The summed E-state index contributed by atoms with van der Waals surface area (Å²) in [6, 6.07) is 9.43. The Bertz CT molecular complexity index is 1070. The number of nitrogens with two attached hydrogens (primary N) is 1. The van der Waals surface area contributed by atoms with Gasteiger partial charge >= 0.3 is 0 Å². The van der Waals surface area contributed by atoms with Gasteiger partial charge in [-0.05, 0) is 24.3 Å². The van der Waals surface area contributed by atoms with E-state index in [2.05, 4.69) is 26.5 Å². The number of furan rings is 1. The first-order valence-electron chi connectivity index (χ1n) is 8.40. The monoisotopic (exact) mass is 362 g/mol. The van der Waals surface area contributed by atoms with Crippen LogP contribution in [0.5, 0.6) is 0 Å². The van der Waals surface area contributed by atoms with E-state index < -0.39 is 0 Å². The zero-order chi connectivity index (χ0) is 18.6. The van der Waals surface area contributed by atoms with Gasteiger partial charge in [-0.15, -0.1) is 6.58 Å². The van der Waals surface area contributed by atoms with Crippen molar-refractivity contribution in [1.29, 1.82) is 0 Å². The molecular formula is C19H18N6O2. The van der Waals surface area contributed by atoms with E-state index in [1.165, 1.54) is 0 Å². The summed E-state index contributed by atoms with van der Waals surface area (Å²) < 4.78 is 12.8. The molecule has 4 aromatic heterocycles. The summed E-state index contributed by atoms with van der Waals surface area (Å²) in [6.45, 7) is 5.06. The Labute approximate surface area is 155 Å². The molecule has 8 nitrogen and oxygen atoms in total. The molecule has 2 N–H and O–H groups in total. The van der Waals surface area contributed by atoms with Crippen LogP contribution in [0.1, 0.15) is 11.4 Å². The zero-order valence-electron chi connectivity index (χ0n) is 14.6. The molecular weight excluding hydrogens is 344 g/mol. The topological polar surface area (TPSA) is 105 Å². The number of pyridine rings is 1. The van der Waals surface area contributed by atoms with Crippen molar-refractivity contribution < 1.29 is 9.15 Å². The number of fused-ring (bicyclic) bond motifs is 1. The number of aromatic nitrogens is 5. The maximum atomic E-state index is 5.90. The molecule has 0 aliphatic heterocycles. The fourth-order valence-corrected chi connectivity index (χ4v) is 2.78. The summed E-state index contributed by atoms with van der Waals surface area (Å²) in [6.07, 6.45) is 5.00. The van der Waals surface area contributed by atoms with E-state index in [4.69, 9.17) is 14.9 Å². The molecule has 0 bridgehead atoms. The number of nitrogens with zero attached hydrogens (tertiary/aromatic N) is 5. The summed E-state index contributed by atoms with van der Waals surface area (Å²) >= 11 is 0. The highest BCUT2D eigenvalue weighted by Crippen LogP contribution is 2.26. The van der Waals surface area contributed by atoms with Crippen molar-refractivity contribution in [2.24, 2.45) is 0 Å². The van der Waals surface area contributed by atoms with Crippen LogP contribution < -0.4 is 5.73 Å². The first-order chi connectivity index (χ1) is 13.2. The van der Waals surface area contributed by atoms with Gasteiger partial charge in [0.25, 0.3) is 0 Å². The zero-order valence-corrected chi connectivity index (χ0v) is 14.6. The lowest BCUT2D eigenvalue weighted by Crippen LogP contribution is -2.05. The first-order valence-corrected chi connectivity index (χ1v) is 8.40.